The summed E-state index contributed by atoms with van der Waals surface area (Å²) in [5, 5.41) is 5.57. The van der Waals surface area contributed by atoms with Crippen molar-refractivity contribution in [3.05, 3.63) is 64.7 Å². The van der Waals surface area contributed by atoms with Gasteiger partial charge in [-0.2, -0.15) is 13.2 Å². The highest BCUT2D eigenvalue weighted by molar-refractivity contribution is 6.30. The number of hydrogen-bond donors (Lipinski definition) is 2. The fourth-order valence-electron chi connectivity index (χ4n) is 1.96. The van der Waals surface area contributed by atoms with E-state index in [1.807, 2.05) is 6.07 Å². The fraction of sp³-hybridized carbons (Fsp3) is 0.188. The quantitative estimate of drug-likeness (QED) is 0.829. The number of halogens is 4. The maximum absolute atomic E-state index is 12.6. The van der Waals surface area contributed by atoms with Gasteiger partial charge in [-0.15, -0.1) is 0 Å². The number of urea groups is 1. The molecule has 122 valence electrons. The molecule has 0 aromatic heterocycles. The van der Waals surface area contributed by atoms with E-state index < -0.39 is 17.8 Å². The molecular weight excluding hydrogens is 329 g/mol. The highest BCUT2D eigenvalue weighted by Gasteiger charge is 2.30. The van der Waals surface area contributed by atoms with E-state index in [4.69, 9.17) is 11.6 Å². The lowest BCUT2D eigenvalue weighted by molar-refractivity contribution is -0.137. The Bertz CT molecular complexity index is 689. The van der Waals surface area contributed by atoms with Crippen molar-refractivity contribution in [2.24, 2.45) is 0 Å². The van der Waals surface area contributed by atoms with E-state index in [1.165, 1.54) is 12.1 Å². The molecule has 2 N–H and O–H groups in total. The first-order valence-electron chi connectivity index (χ1n) is 6.81. The fourth-order valence-corrected chi connectivity index (χ4v) is 2.17. The lowest BCUT2D eigenvalue weighted by atomic mass is 10.1. The first-order valence-corrected chi connectivity index (χ1v) is 7.19. The van der Waals surface area contributed by atoms with Gasteiger partial charge in [-0.25, -0.2) is 4.79 Å². The third-order valence-corrected chi connectivity index (χ3v) is 3.27. The lowest BCUT2D eigenvalue weighted by Crippen LogP contribution is -2.30. The number of anilines is 1. The van der Waals surface area contributed by atoms with Crippen LogP contribution in [0.5, 0.6) is 0 Å². The molecule has 0 saturated carbocycles. The van der Waals surface area contributed by atoms with Crippen molar-refractivity contribution >= 4 is 23.3 Å². The van der Waals surface area contributed by atoms with Gasteiger partial charge in [0, 0.05) is 17.3 Å². The third-order valence-electron chi connectivity index (χ3n) is 3.04. The van der Waals surface area contributed by atoms with Gasteiger partial charge in [-0.1, -0.05) is 29.8 Å². The van der Waals surface area contributed by atoms with Crippen LogP contribution in [0, 0.1) is 0 Å². The molecule has 0 aliphatic rings. The van der Waals surface area contributed by atoms with Crippen LogP contribution in [0.1, 0.15) is 11.1 Å². The van der Waals surface area contributed by atoms with E-state index in [2.05, 4.69) is 10.6 Å². The van der Waals surface area contributed by atoms with Gasteiger partial charge in [0.25, 0.3) is 0 Å². The van der Waals surface area contributed by atoms with Gasteiger partial charge in [0.1, 0.15) is 0 Å². The summed E-state index contributed by atoms with van der Waals surface area (Å²) in [6, 6.07) is 11.1. The first kappa shape index (κ1) is 17.1. The predicted octanol–water partition coefficient (Wildman–Crippen LogP) is 4.72. The Morgan fingerprint density at radius 2 is 1.83 bits per heavy atom. The molecule has 2 aromatic rings. The minimum absolute atomic E-state index is 0.0834. The molecule has 2 aromatic carbocycles. The van der Waals surface area contributed by atoms with E-state index in [0.717, 1.165) is 17.7 Å². The number of amides is 2. The molecule has 0 atom stereocenters. The average molecular weight is 343 g/mol. The summed E-state index contributed by atoms with van der Waals surface area (Å²) >= 11 is 5.85. The van der Waals surface area contributed by atoms with Crippen LogP contribution in [0.25, 0.3) is 0 Å². The SMILES string of the molecule is O=C(NCCc1cccc(Cl)c1)Nc1cccc(C(F)(F)F)c1. The molecule has 0 saturated heterocycles. The third kappa shape index (κ3) is 5.49. The van der Waals surface area contributed by atoms with Crippen LogP contribution in [-0.2, 0) is 12.6 Å². The molecule has 3 nitrogen and oxygen atoms in total. The molecule has 0 heterocycles. The summed E-state index contributed by atoms with van der Waals surface area (Å²) in [6.45, 7) is 0.338. The van der Waals surface area contributed by atoms with E-state index in [1.54, 1.807) is 18.2 Å². The second kappa shape index (κ2) is 7.37. The van der Waals surface area contributed by atoms with E-state index >= 15 is 0 Å². The Morgan fingerprint density at radius 3 is 2.52 bits per heavy atom. The summed E-state index contributed by atoms with van der Waals surface area (Å²) in [4.78, 5) is 11.7. The van der Waals surface area contributed by atoms with Gasteiger partial charge in [0.15, 0.2) is 0 Å². The highest BCUT2D eigenvalue weighted by Crippen LogP contribution is 2.30. The molecule has 0 aliphatic heterocycles. The topological polar surface area (TPSA) is 41.1 Å². The monoisotopic (exact) mass is 342 g/mol. The standard InChI is InChI=1S/C16H14ClF3N2O/c17-13-5-1-3-11(9-13)7-8-21-15(23)22-14-6-2-4-12(10-14)16(18,19)20/h1-6,9-10H,7-8H2,(H2,21,22,23). The molecular formula is C16H14ClF3N2O. The van der Waals surface area contributed by atoms with E-state index in [-0.39, 0.29) is 5.69 Å². The zero-order valence-electron chi connectivity index (χ0n) is 12.0. The Kier molecular flexibility index (Phi) is 5.50. The number of hydrogen-bond acceptors (Lipinski definition) is 1. The minimum atomic E-state index is -4.44. The Hall–Kier alpha value is -2.21. The summed E-state index contributed by atoms with van der Waals surface area (Å²) < 4.78 is 37.8. The summed E-state index contributed by atoms with van der Waals surface area (Å²) in [5.74, 6) is 0. The van der Waals surface area contributed by atoms with Gasteiger partial charge in [0.05, 0.1) is 5.56 Å². The largest absolute Gasteiger partial charge is 0.416 e. The van der Waals surface area contributed by atoms with Gasteiger partial charge in [-0.05, 0) is 42.3 Å². The Morgan fingerprint density at radius 1 is 1.09 bits per heavy atom. The van der Waals surface area contributed by atoms with E-state index in [0.29, 0.717) is 18.0 Å². The number of carbonyl (C=O) groups is 1. The van der Waals surface area contributed by atoms with Crippen molar-refractivity contribution in [1.29, 1.82) is 0 Å². The normalized spacial score (nSPS) is 11.1. The van der Waals surface area contributed by atoms with Crippen molar-refractivity contribution < 1.29 is 18.0 Å². The molecule has 0 unspecified atom stereocenters. The zero-order valence-corrected chi connectivity index (χ0v) is 12.7. The Balaban J connectivity index is 1.85. The zero-order chi connectivity index (χ0) is 16.9. The van der Waals surface area contributed by atoms with Gasteiger partial charge in [-0.3, -0.25) is 0 Å². The predicted molar refractivity (Wildman–Crippen MR) is 83.6 cm³/mol. The summed E-state index contributed by atoms with van der Waals surface area (Å²) in [7, 11) is 0. The number of nitrogens with one attached hydrogen (secondary N) is 2. The van der Waals surface area contributed by atoms with Crippen molar-refractivity contribution in [3.63, 3.8) is 0 Å². The molecule has 0 aliphatic carbocycles. The van der Waals surface area contributed by atoms with Crippen LogP contribution in [0.4, 0.5) is 23.7 Å². The van der Waals surface area contributed by atoms with Gasteiger partial charge >= 0.3 is 12.2 Å². The summed E-state index contributed by atoms with van der Waals surface area (Å²) in [6.07, 6.45) is -3.88. The maximum atomic E-state index is 12.6. The van der Waals surface area contributed by atoms with E-state index in [9.17, 15) is 18.0 Å². The number of rotatable bonds is 4. The van der Waals surface area contributed by atoms with Crippen molar-refractivity contribution in [3.8, 4) is 0 Å². The molecule has 23 heavy (non-hydrogen) atoms. The molecule has 2 rings (SSSR count). The number of alkyl halides is 3. The first-order chi connectivity index (χ1) is 10.8. The van der Waals surface area contributed by atoms with Crippen LogP contribution in [-0.4, -0.2) is 12.6 Å². The Labute approximate surface area is 136 Å². The summed E-state index contributed by atoms with van der Waals surface area (Å²) in [5.41, 5.74) is 0.228. The van der Waals surface area contributed by atoms with Crippen molar-refractivity contribution in [2.45, 2.75) is 12.6 Å². The van der Waals surface area contributed by atoms with Crippen LogP contribution < -0.4 is 10.6 Å². The van der Waals surface area contributed by atoms with Gasteiger partial charge < -0.3 is 10.6 Å². The molecule has 2 amide bonds. The maximum Gasteiger partial charge on any atom is 0.416 e. The minimum Gasteiger partial charge on any atom is -0.338 e. The highest BCUT2D eigenvalue weighted by atomic mass is 35.5. The second-order valence-electron chi connectivity index (χ2n) is 4.84. The van der Waals surface area contributed by atoms with Crippen LogP contribution >= 0.6 is 11.6 Å². The number of benzene rings is 2. The molecule has 0 fully saturated rings. The molecule has 0 bridgehead atoms. The van der Waals surface area contributed by atoms with Crippen molar-refractivity contribution in [2.75, 3.05) is 11.9 Å². The smallest absolute Gasteiger partial charge is 0.338 e. The number of carbonyl (C=O) groups excluding carboxylic acids is 1. The second-order valence-corrected chi connectivity index (χ2v) is 5.28. The molecule has 0 radical (unpaired) electrons. The van der Waals surface area contributed by atoms with Crippen LogP contribution in [0.15, 0.2) is 48.5 Å². The van der Waals surface area contributed by atoms with Crippen molar-refractivity contribution in [1.82, 2.24) is 5.32 Å². The average Bonchev–Trinajstić information content (AvgIpc) is 2.46. The van der Waals surface area contributed by atoms with Crippen LogP contribution in [0.2, 0.25) is 5.02 Å². The lowest BCUT2D eigenvalue weighted by Gasteiger charge is -2.11. The molecule has 0 spiro atoms. The van der Waals surface area contributed by atoms with Gasteiger partial charge in [0.2, 0.25) is 0 Å². The molecule has 7 heteroatoms. The van der Waals surface area contributed by atoms with Crippen LogP contribution in [0.3, 0.4) is 0 Å².